The molecule has 6 nitrogen and oxygen atoms in total. The molecule has 1 aliphatic rings. The van der Waals surface area contributed by atoms with Gasteiger partial charge in [-0.25, -0.2) is 14.8 Å². The van der Waals surface area contributed by atoms with Crippen molar-refractivity contribution in [3.63, 3.8) is 0 Å². The SMILES string of the molecule is COC1CC(Nc2nc(C)ncc2C(=O)O)C1(C)C. The number of carbonyl (C=O) groups is 1. The van der Waals surface area contributed by atoms with Gasteiger partial charge < -0.3 is 15.2 Å². The normalized spacial score (nSPS) is 24.6. The van der Waals surface area contributed by atoms with Gasteiger partial charge in [0.1, 0.15) is 17.2 Å². The zero-order valence-corrected chi connectivity index (χ0v) is 11.6. The molecule has 2 rings (SSSR count). The molecular formula is C13H19N3O3. The highest BCUT2D eigenvalue weighted by Crippen LogP contribution is 2.44. The van der Waals surface area contributed by atoms with Crippen LogP contribution in [0.5, 0.6) is 0 Å². The Hall–Kier alpha value is -1.69. The predicted molar refractivity (Wildman–Crippen MR) is 70.3 cm³/mol. The van der Waals surface area contributed by atoms with E-state index in [0.717, 1.165) is 6.42 Å². The number of nitrogens with zero attached hydrogens (tertiary/aromatic N) is 2. The van der Waals surface area contributed by atoms with Crippen molar-refractivity contribution in [2.75, 3.05) is 12.4 Å². The van der Waals surface area contributed by atoms with E-state index >= 15 is 0 Å². The lowest BCUT2D eigenvalue weighted by atomic mass is 9.64. The van der Waals surface area contributed by atoms with E-state index in [9.17, 15) is 4.79 Å². The van der Waals surface area contributed by atoms with Crippen molar-refractivity contribution < 1.29 is 14.6 Å². The van der Waals surface area contributed by atoms with Crippen molar-refractivity contribution in [2.45, 2.75) is 39.3 Å². The zero-order valence-electron chi connectivity index (χ0n) is 11.6. The number of hydrogen-bond acceptors (Lipinski definition) is 5. The summed E-state index contributed by atoms with van der Waals surface area (Å²) < 4.78 is 5.38. The number of ether oxygens (including phenoxy) is 1. The summed E-state index contributed by atoms with van der Waals surface area (Å²) in [5.74, 6) is -0.0940. The first kappa shape index (κ1) is 13.7. The second-order valence-electron chi connectivity index (χ2n) is 5.46. The molecule has 0 saturated heterocycles. The third kappa shape index (κ3) is 2.40. The van der Waals surface area contributed by atoms with Crippen LogP contribution in [0.4, 0.5) is 5.82 Å². The fourth-order valence-corrected chi connectivity index (χ4v) is 2.43. The van der Waals surface area contributed by atoms with Crippen molar-refractivity contribution in [3.05, 3.63) is 17.6 Å². The third-order valence-corrected chi connectivity index (χ3v) is 3.91. The van der Waals surface area contributed by atoms with Crippen LogP contribution in [-0.4, -0.2) is 40.3 Å². The van der Waals surface area contributed by atoms with Crippen molar-refractivity contribution in [3.8, 4) is 0 Å². The van der Waals surface area contributed by atoms with Gasteiger partial charge in [0.2, 0.25) is 0 Å². The molecule has 1 aromatic heterocycles. The lowest BCUT2D eigenvalue weighted by Gasteiger charge is -2.51. The second-order valence-corrected chi connectivity index (χ2v) is 5.46. The van der Waals surface area contributed by atoms with Gasteiger partial charge in [0, 0.05) is 24.8 Å². The van der Waals surface area contributed by atoms with Gasteiger partial charge in [0.05, 0.1) is 6.10 Å². The second kappa shape index (κ2) is 4.77. The monoisotopic (exact) mass is 265 g/mol. The van der Waals surface area contributed by atoms with Gasteiger partial charge in [-0.1, -0.05) is 13.8 Å². The highest BCUT2D eigenvalue weighted by Gasteiger charge is 2.49. The molecule has 19 heavy (non-hydrogen) atoms. The molecule has 1 fully saturated rings. The fraction of sp³-hybridized carbons (Fsp3) is 0.615. The van der Waals surface area contributed by atoms with Gasteiger partial charge in [-0.05, 0) is 13.3 Å². The molecule has 0 aliphatic heterocycles. The lowest BCUT2D eigenvalue weighted by Crippen LogP contribution is -2.57. The predicted octanol–water partition coefficient (Wildman–Crippen LogP) is 1.71. The minimum absolute atomic E-state index is 0.0522. The number of carboxylic acid groups (broad SMARTS) is 1. The summed E-state index contributed by atoms with van der Waals surface area (Å²) in [7, 11) is 1.69. The van der Waals surface area contributed by atoms with Gasteiger partial charge in [0.15, 0.2) is 0 Å². The topological polar surface area (TPSA) is 84.3 Å². The Bertz CT molecular complexity index is 502. The van der Waals surface area contributed by atoms with Crippen LogP contribution in [0, 0.1) is 12.3 Å². The number of anilines is 1. The van der Waals surface area contributed by atoms with Crippen LogP contribution < -0.4 is 5.32 Å². The van der Waals surface area contributed by atoms with Crippen molar-refractivity contribution in [1.82, 2.24) is 9.97 Å². The van der Waals surface area contributed by atoms with E-state index in [-0.39, 0.29) is 23.1 Å². The van der Waals surface area contributed by atoms with E-state index < -0.39 is 5.97 Å². The van der Waals surface area contributed by atoms with Gasteiger partial charge in [-0.3, -0.25) is 0 Å². The summed E-state index contributed by atoms with van der Waals surface area (Å²) in [5, 5.41) is 12.4. The summed E-state index contributed by atoms with van der Waals surface area (Å²) in [5.41, 5.74) is 0.0471. The molecule has 0 radical (unpaired) electrons. The van der Waals surface area contributed by atoms with Gasteiger partial charge >= 0.3 is 5.97 Å². The molecule has 1 aliphatic carbocycles. The first-order chi connectivity index (χ1) is 8.86. The fourth-order valence-electron chi connectivity index (χ4n) is 2.43. The van der Waals surface area contributed by atoms with E-state index in [1.54, 1.807) is 14.0 Å². The van der Waals surface area contributed by atoms with Crippen molar-refractivity contribution >= 4 is 11.8 Å². The highest BCUT2D eigenvalue weighted by molar-refractivity contribution is 5.92. The largest absolute Gasteiger partial charge is 0.477 e. The molecule has 0 aromatic carbocycles. The Kier molecular flexibility index (Phi) is 3.45. The Morgan fingerprint density at radius 1 is 1.58 bits per heavy atom. The summed E-state index contributed by atoms with van der Waals surface area (Å²) >= 11 is 0. The number of aromatic nitrogens is 2. The number of aromatic carboxylic acids is 1. The average Bonchev–Trinajstić information content (AvgIpc) is 2.33. The number of hydrogen-bond donors (Lipinski definition) is 2. The maximum absolute atomic E-state index is 11.2. The first-order valence-corrected chi connectivity index (χ1v) is 6.22. The van der Waals surface area contributed by atoms with E-state index in [1.807, 2.05) is 0 Å². The van der Waals surface area contributed by atoms with Gasteiger partial charge in [-0.2, -0.15) is 0 Å². The maximum Gasteiger partial charge on any atom is 0.341 e. The van der Waals surface area contributed by atoms with E-state index in [1.165, 1.54) is 6.20 Å². The van der Waals surface area contributed by atoms with Crippen LogP contribution in [0.15, 0.2) is 6.20 Å². The molecule has 1 saturated carbocycles. The smallest absolute Gasteiger partial charge is 0.341 e. The molecule has 0 bridgehead atoms. The molecule has 0 amide bonds. The molecule has 2 unspecified atom stereocenters. The summed E-state index contributed by atoms with van der Waals surface area (Å²) in [6.07, 6.45) is 2.36. The van der Waals surface area contributed by atoms with Crippen LogP contribution in [0.2, 0.25) is 0 Å². The quantitative estimate of drug-likeness (QED) is 0.862. The van der Waals surface area contributed by atoms with E-state index in [4.69, 9.17) is 9.84 Å². The number of carboxylic acids is 1. The van der Waals surface area contributed by atoms with Crippen molar-refractivity contribution in [2.24, 2.45) is 5.41 Å². The van der Waals surface area contributed by atoms with Crippen LogP contribution >= 0.6 is 0 Å². The summed E-state index contributed by atoms with van der Waals surface area (Å²) in [4.78, 5) is 19.3. The highest BCUT2D eigenvalue weighted by atomic mass is 16.5. The van der Waals surface area contributed by atoms with Crippen LogP contribution in [0.1, 0.15) is 36.5 Å². The third-order valence-electron chi connectivity index (χ3n) is 3.91. The molecule has 1 aromatic rings. The van der Waals surface area contributed by atoms with E-state index in [2.05, 4.69) is 29.1 Å². The number of aryl methyl sites for hydroxylation is 1. The number of nitrogens with one attached hydrogen (secondary N) is 1. The minimum Gasteiger partial charge on any atom is -0.477 e. The zero-order chi connectivity index (χ0) is 14.2. The number of methoxy groups -OCH3 is 1. The Balaban J connectivity index is 2.21. The summed E-state index contributed by atoms with van der Waals surface area (Å²) in [6.45, 7) is 5.92. The Morgan fingerprint density at radius 3 is 2.79 bits per heavy atom. The maximum atomic E-state index is 11.2. The van der Waals surface area contributed by atoms with E-state index in [0.29, 0.717) is 11.6 Å². The molecule has 0 spiro atoms. The van der Waals surface area contributed by atoms with Gasteiger partial charge in [0.25, 0.3) is 0 Å². The molecule has 104 valence electrons. The molecular weight excluding hydrogens is 246 g/mol. The van der Waals surface area contributed by atoms with Crippen LogP contribution in [-0.2, 0) is 4.74 Å². The molecule has 2 atom stereocenters. The van der Waals surface area contributed by atoms with Crippen molar-refractivity contribution in [1.29, 1.82) is 0 Å². The molecule has 6 heteroatoms. The average molecular weight is 265 g/mol. The molecule has 1 heterocycles. The summed E-state index contributed by atoms with van der Waals surface area (Å²) in [6, 6.07) is 0.143. The number of rotatable bonds is 4. The van der Waals surface area contributed by atoms with Crippen LogP contribution in [0.25, 0.3) is 0 Å². The standard InChI is InChI=1S/C13H19N3O3/c1-7-14-6-8(12(17)18)11(15-7)16-9-5-10(19-4)13(9,2)3/h6,9-10H,5H2,1-4H3,(H,17,18)(H,14,15,16). The molecule has 2 N–H and O–H groups in total. The Labute approximate surface area is 112 Å². The van der Waals surface area contributed by atoms with Gasteiger partial charge in [-0.15, -0.1) is 0 Å². The van der Waals surface area contributed by atoms with Crippen LogP contribution in [0.3, 0.4) is 0 Å². The first-order valence-electron chi connectivity index (χ1n) is 6.22. The minimum atomic E-state index is -1.03. The Morgan fingerprint density at radius 2 is 2.26 bits per heavy atom. The lowest BCUT2D eigenvalue weighted by molar-refractivity contribution is -0.0795.